The predicted octanol–water partition coefficient (Wildman–Crippen LogP) is 3.59. The van der Waals surface area contributed by atoms with E-state index in [0.29, 0.717) is 42.6 Å². The minimum absolute atomic E-state index is 0.0121. The van der Waals surface area contributed by atoms with Crippen LogP contribution in [0.4, 0.5) is 10.1 Å². The number of carbonyl (C=O) groups excluding carboxylic acids is 1. The fourth-order valence-electron chi connectivity index (χ4n) is 3.86. The number of thiophene rings is 1. The van der Waals surface area contributed by atoms with Crippen molar-refractivity contribution in [1.29, 1.82) is 5.26 Å². The smallest absolute Gasteiger partial charge is 0.264 e. The average Bonchev–Trinajstić information content (AvgIpc) is 3.03. The van der Waals surface area contributed by atoms with Crippen LogP contribution in [-0.2, 0) is 0 Å². The van der Waals surface area contributed by atoms with Crippen LogP contribution < -0.4 is 4.90 Å². The Bertz CT molecular complexity index is 1160. The number of anilines is 1. The summed E-state index contributed by atoms with van der Waals surface area (Å²) in [5.74, 6) is 0.172. The van der Waals surface area contributed by atoms with Gasteiger partial charge in [-0.05, 0) is 38.5 Å². The Balaban J connectivity index is 1.55. The molecule has 148 valence electrons. The van der Waals surface area contributed by atoms with Gasteiger partial charge in [0.25, 0.3) is 5.91 Å². The van der Waals surface area contributed by atoms with E-state index in [1.807, 2.05) is 36.6 Å². The number of aryl methyl sites for hydroxylation is 3. The Hall–Kier alpha value is -3.05. The maximum atomic E-state index is 13.9. The van der Waals surface area contributed by atoms with Crippen molar-refractivity contribution in [2.45, 2.75) is 20.8 Å². The molecule has 1 fully saturated rings. The third-order valence-corrected chi connectivity index (χ3v) is 6.46. The van der Waals surface area contributed by atoms with E-state index in [1.54, 1.807) is 12.1 Å². The van der Waals surface area contributed by atoms with Crippen molar-refractivity contribution in [2.24, 2.45) is 0 Å². The molecule has 3 heterocycles. The molecular weight excluding hydrogens is 389 g/mol. The third kappa shape index (κ3) is 3.32. The van der Waals surface area contributed by atoms with Gasteiger partial charge in [0.2, 0.25) is 0 Å². The molecule has 0 radical (unpaired) electrons. The molecule has 0 N–H and O–H groups in total. The van der Waals surface area contributed by atoms with Crippen molar-refractivity contribution in [3.63, 3.8) is 0 Å². The summed E-state index contributed by atoms with van der Waals surface area (Å²) >= 11 is 1.41. The van der Waals surface area contributed by atoms with E-state index in [0.717, 1.165) is 21.5 Å². The molecule has 1 saturated heterocycles. The van der Waals surface area contributed by atoms with Crippen molar-refractivity contribution in [2.75, 3.05) is 31.1 Å². The largest absolute Gasteiger partial charge is 0.367 e. The molecule has 29 heavy (non-hydrogen) atoms. The van der Waals surface area contributed by atoms with E-state index in [1.165, 1.54) is 17.4 Å². The molecule has 4 rings (SSSR count). The molecule has 1 aliphatic heterocycles. The Morgan fingerprint density at radius 2 is 1.90 bits per heavy atom. The number of carbonyl (C=O) groups is 1. The summed E-state index contributed by atoms with van der Waals surface area (Å²) in [4.78, 5) is 27.4. The van der Waals surface area contributed by atoms with E-state index >= 15 is 0 Å². The first-order chi connectivity index (χ1) is 13.9. The quantitative estimate of drug-likeness (QED) is 0.647. The van der Waals surface area contributed by atoms with Crippen molar-refractivity contribution in [3.8, 4) is 6.07 Å². The average molecular weight is 409 g/mol. The fraction of sp³-hybridized carbons (Fsp3) is 0.333. The number of fused-ring (bicyclic) bond motifs is 1. The van der Waals surface area contributed by atoms with E-state index in [2.05, 4.69) is 9.97 Å². The number of nitrogens with zero attached hydrogens (tertiary/aromatic N) is 5. The van der Waals surface area contributed by atoms with E-state index in [4.69, 9.17) is 0 Å². The molecule has 1 amide bonds. The lowest BCUT2D eigenvalue weighted by molar-refractivity contribution is 0.0751. The number of aromatic nitrogens is 2. The zero-order chi connectivity index (χ0) is 20.7. The summed E-state index contributed by atoms with van der Waals surface area (Å²) < 4.78 is 13.9. The molecule has 6 nitrogen and oxygen atoms in total. The molecule has 0 spiro atoms. The fourth-order valence-corrected chi connectivity index (χ4v) is 5.10. The number of halogens is 1. The van der Waals surface area contributed by atoms with Crippen LogP contribution >= 0.6 is 11.3 Å². The van der Waals surface area contributed by atoms with Crippen LogP contribution in [0.15, 0.2) is 18.2 Å². The maximum absolute atomic E-state index is 13.9. The Morgan fingerprint density at radius 3 is 2.59 bits per heavy atom. The summed E-state index contributed by atoms with van der Waals surface area (Å²) in [5.41, 5.74) is 2.45. The summed E-state index contributed by atoms with van der Waals surface area (Å²) in [5, 5.41) is 10.2. The van der Waals surface area contributed by atoms with Crippen LogP contribution in [0.3, 0.4) is 0 Å². The summed E-state index contributed by atoms with van der Waals surface area (Å²) in [6.07, 6.45) is 0. The summed E-state index contributed by atoms with van der Waals surface area (Å²) in [6, 6.07) is 6.59. The van der Waals surface area contributed by atoms with Gasteiger partial charge in [-0.25, -0.2) is 14.4 Å². The van der Waals surface area contributed by atoms with Crippen LogP contribution in [0.25, 0.3) is 10.2 Å². The predicted molar refractivity (Wildman–Crippen MR) is 111 cm³/mol. The normalized spacial score (nSPS) is 14.3. The highest BCUT2D eigenvalue weighted by molar-refractivity contribution is 7.20. The second kappa shape index (κ2) is 7.41. The zero-order valence-electron chi connectivity index (χ0n) is 16.5. The molecule has 1 aliphatic rings. The van der Waals surface area contributed by atoms with Crippen molar-refractivity contribution in [1.82, 2.24) is 14.9 Å². The molecular formula is C21H20FN5OS. The second-order valence-corrected chi connectivity index (χ2v) is 8.12. The van der Waals surface area contributed by atoms with Gasteiger partial charge in [0.15, 0.2) is 0 Å². The first kappa shape index (κ1) is 19.3. The SMILES string of the molecule is Cc1nc(C)c2c(C)c(C(=O)N3CCN(c4cccc(F)c4C#N)CC3)sc2n1. The van der Waals surface area contributed by atoms with Gasteiger partial charge in [-0.3, -0.25) is 4.79 Å². The summed E-state index contributed by atoms with van der Waals surface area (Å²) in [6.45, 7) is 7.85. The highest BCUT2D eigenvalue weighted by atomic mass is 32.1. The number of hydrogen-bond donors (Lipinski definition) is 0. The van der Waals surface area contributed by atoms with Gasteiger partial charge in [-0.15, -0.1) is 11.3 Å². The van der Waals surface area contributed by atoms with Crippen molar-refractivity contribution < 1.29 is 9.18 Å². The van der Waals surface area contributed by atoms with E-state index in [-0.39, 0.29) is 11.5 Å². The molecule has 0 aliphatic carbocycles. The Morgan fingerprint density at radius 1 is 1.17 bits per heavy atom. The van der Waals surface area contributed by atoms with E-state index < -0.39 is 5.82 Å². The molecule has 3 aromatic rings. The van der Waals surface area contributed by atoms with Gasteiger partial charge in [-0.2, -0.15) is 5.26 Å². The molecule has 0 saturated carbocycles. The van der Waals surface area contributed by atoms with Crippen LogP contribution in [0.2, 0.25) is 0 Å². The number of nitriles is 1. The van der Waals surface area contributed by atoms with Crippen LogP contribution in [0.5, 0.6) is 0 Å². The van der Waals surface area contributed by atoms with Crippen molar-refractivity contribution in [3.05, 3.63) is 51.5 Å². The molecule has 0 unspecified atom stereocenters. The first-order valence-corrected chi connectivity index (χ1v) is 10.2. The number of benzene rings is 1. The zero-order valence-corrected chi connectivity index (χ0v) is 17.3. The molecule has 8 heteroatoms. The van der Waals surface area contributed by atoms with Crippen molar-refractivity contribution >= 4 is 33.1 Å². The standard InChI is InChI=1S/C21H20FN5OS/c1-12-18-13(2)24-14(3)25-20(18)29-19(12)21(28)27-9-7-26(8-10-27)17-6-4-5-16(22)15(17)11-23/h4-6H,7-10H2,1-3H3. The maximum Gasteiger partial charge on any atom is 0.264 e. The first-order valence-electron chi connectivity index (χ1n) is 9.38. The lowest BCUT2D eigenvalue weighted by Gasteiger charge is -2.36. The van der Waals surface area contributed by atoms with Gasteiger partial charge in [0.05, 0.1) is 10.6 Å². The van der Waals surface area contributed by atoms with Gasteiger partial charge in [-0.1, -0.05) is 6.07 Å². The van der Waals surface area contributed by atoms with Crippen LogP contribution in [-0.4, -0.2) is 47.0 Å². The lowest BCUT2D eigenvalue weighted by atomic mass is 10.1. The highest BCUT2D eigenvalue weighted by Crippen LogP contribution is 2.32. The summed E-state index contributed by atoms with van der Waals surface area (Å²) in [7, 11) is 0. The number of rotatable bonds is 2. The van der Waals surface area contributed by atoms with E-state index in [9.17, 15) is 14.4 Å². The second-order valence-electron chi connectivity index (χ2n) is 7.12. The molecule has 2 aromatic heterocycles. The topological polar surface area (TPSA) is 73.1 Å². The monoisotopic (exact) mass is 409 g/mol. The Kier molecular flexibility index (Phi) is 4.92. The van der Waals surface area contributed by atoms with Gasteiger partial charge < -0.3 is 9.80 Å². The third-order valence-electron chi connectivity index (χ3n) is 5.29. The number of amides is 1. The van der Waals surface area contributed by atoms with Gasteiger partial charge >= 0.3 is 0 Å². The molecule has 1 aromatic carbocycles. The minimum atomic E-state index is -0.517. The lowest BCUT2D eigenvalue weighted by Crippen LogP contribution is -2.49. The number of hydrogen-bond acceptors (Lipinski definition) is 6. The van der Waals surface area contributed by atoms with Gasteiger partial charge in [0, 0.05) is 37.3 Å². The minimum Gasteiger partial charge on any atom is -0.367 e. The molecule has 0 bridgehead atoms. The van der Waals surface area contributed by atoms with Crippen LogP contribution in [0.1, 0.15) is 32.3 Å². The van der Waals surface area contributed by atoms with Crippen LogP contribution in [0, 0.1) is 37.9 Å². The van der Waals surface area contributed by atoms with Gasteiger partial charge in [0.1, 0.15) is 28.1 Å². The molecule has 0 atom stereocenters. The number of piperazine rings is 1. The Labute approximate surface area is 172 Å². The highest BCUT2D eigenvalue weighted by Gasteiger charge is 2.27.